The van der Waals surface area contributed by atoms with E-state index in [1.54, 1.807) is 11.3 Å². The van der Waals surface area contributed by atoms with Gasteiger partial charge in [-0.2, -0.15) is 5.10 Å². The van der Waals surface area contributed by atoms with Crippen molar-refractivity contribution < 1.29 is 4.79 Å². The number of fused-ring (bicyclic) bond motifs is 1. The Bertz CT molecular complexity index is 642. The second-order valence-electron chi connectivity index (χ2n) is 3.83. The Morgan fingerprint density at radius 2 is 2.39 bits per heavy atom. The number of carbonyl (C=O) groups is 1. The standard InChI is InChI=1S/C11H10N4OS2/c1-6(10-12-5-13-15-10)14-11(16)9-4-8-7(18-9)2-3-17-8/h2-6H,1H3,(H,14,16)(H,12,13,15). The molecule has 0 bridgehead atoms. The Morgan fingerprint density at radius 3 is 3.11 bits per heavy atom. The van der Waals surface area contributed by atoms with E-state index in [9.17, 15) is 4.79 Å². The van der Waals surface area contributed by atoms with Crippen LogP contribution in [0.5, 0.6) is 0 Å². The second-order valence-corrected chi connectivity index (χ2v) is 5.86. The molecule has 1 unspecified atom stereocenters. The number of hydrogen-bond acceptors (Lipinski definition) is 5. The summed E-state index contributed by atoms with van der Waals surface area (Å²) in [7, 11) is 0. The summed E-state index contributed by atoms with van der Waals surface area (Å²) < 4.78 is 2.30. The molecule has 0 spiro atoms. The van der Waals surface area contributed by atoms with Crippen LogP contribution in [0.25, 0.3) is 9.40 Å². The van der Waals surface area contributed by atoms with Crippen LogP contribution in [-0.4, -0.2) is 21.1 Å². The highest BCUT2D eigenvalue weighted by Crippen LogP contribution is 2.30. The van der Waals surface area contributed by atoms with Crippen molar-refractivity contribution in [1.82, 2.24) is 20.5 Å². The van der Waals surface area contributed by atoms with Gasteiger partial charge in [0.05, 0.1) is 10.9 Å². The molecule has 0 fully saturated rings. The highest BCUT2D eigenvalue weighted by molar-refractivity contribution is 7.27. The number of hydrogen-bond donors (Lipinski definition) is 2. The molecule has 3 aromatic rings. The first kappa shape index (κ1) is 11.4. The number of nitrogens with zero attached hydrogens (tertiary/aromatic N) is 2. The number of amides is 1. The Morgan fingerprint density at radius 1 is 1.50 bits per heavy atom. The van der Waals surface area contributed by atoms with Gasteiger partial charge in [-0.05, 0) is 24.4 Å². The largest absolute Gasteiger partial charge is 0.342 e. The highest BCUT2D eigenvalue weighted by atomic mass is 32.1. The van der Waals surface area contributed by atoms with Gasteiger partial charge in [0.2, 0.25) is 0 Å². The van der Waals surface area contributed by atoms with Gasteiger partial charge < -0.3 is 5.32 Å². The predicted octanol–water partition coefficient (Wildman–Crippen LogP) is 2.57. The number of thiophene rings is 2. The fourth-order valence-corrected chi connectivity index (χ4v) is 3.65. The van der Waals surface area contributed by atoms with Crippen molar-refractivity contribution in [2.24, 2.45) is 0 Å². The van der Waals surface area contributed by atoms with E-state index in [0.29, 0.717) is 5.82 Å². The van der Waals surface area contributed by atoms with E-state index >= 15 is 0 Å². The number of H-pyrrole nitrogens is 1. The quantitative estimate of drug-likeness (QED) is 0.773. The van der Waals surface area contributed by atoms with Crippen molar-refractivity contribution in [3.05, 3.63) is 34.5 Å². The Kier molecular flexibility index (Phi) is 2.85. The third kappa shape index (κ3) is 2.02. The molecule has 1 atom stereocenters. The molecule has 0 aliphatic heterocycles. The van der Waals surface area contributed by atoms with Crippen LogP contribution in [0.1, 0.15) is 28.5 Å². The summed E-state index contributed by atoms with van der Waals surface area (Å²) in [5, 5.41) is 11.4. The molecular formula is C11H10N4OS2. The van der Waals surface area contributed by atoms with Crippen LogP contribution in [0.4, 0.5) is 0 Å². The molecule has 0 aliphatic rings. The summed E-state index contributed by atoms with van der Waals surface area (Å²) in [6.07, 6.45) is 1.43. The number of rotatable bonds is 3. The molecule has 18 heavy (non-hydrogen) atoms. The maximum absolute atomic E-state index is 12.1. The van der Waals surface area contributed by atoms with Gasteiger partial charge in [-0.3, -0.25) is 9.89 Å². The van der Waals surface area contributed by atoms with Crippen LogP contribution in [0.2, 0.25) is 0 Å². The molecule has 7 heteroatoms. The van der Waals surface area contributed by atoms with Crippen molar-refractivity contribution >= 4 is 38.0 Å². The van der Waals surface area contributed by atoms with E-state index in [1.807, 2.05) is 24.4 Å². The van der Waals surface area contributed by atoms with Crippen LogP contribution in [-0.2, 0) is 0 Å². The lowest BCUT2D eigenvalue weighted by atomic mass is 10.3. The zero-order valence-electron chi connectivity index (χ0n) is 9.51. The minimum atomic E-state index is -0.180. The second kappa shape index (κ2) is 4.51. The monoisotopic (exact) mass is 278 g/mol. The third-order valence-corrected chi connectivity index (χ3v) is 4.65. The van der Waals surface area contributed by atoms with Crippen molar-refractivity contribution in [2.75, 3.05) is 0 Å². The smallest absolute Gasteiger partial charge is 0.262 e. The molecule has 92 valence electrons. The summed E-state index contributed by atoms with van der Waals surface area (Å²) in [5.74, 6) is 0.578. The van der Waals surface area contributed by atoms with E-state index in [4.69, 9.17) is 0 Å². The zero-order valence-corrected chi connectivity index (χ0v) is 11.1. The number of aromatic nitrogens is 3. The number of nitrogens with one attached hydrogen (secondary N) is 2. The molecule has 3 rings (SSSR count). The average molecular weight is 278 g/mol. The van der Waals surface area contributed by atoms with Gasteiger partial charge >= 0.3 is 0 Å². The Labute approximate surface area is 111 Å². The van der Waals surface area contributed by atoms with Crippen molar-refractivity contribution in [3.63, 3.8) is 0 Å². The van der Waals surface area contributed by atoms with Crippen molar-refractivity contribution in [2.45, 2.75) is 13.0 Å². The molecule has 0 aliphatic carbocycles. The topological polar surface area (TPSA) is 70.7 Å². The molecule has 3 heterocycles. The van der Waals surface area contributed by atoms with E-state index in [-0.39, 0.29) is 11.9 Å². The summed E-state index contributed by atoms with van der Waals surface area (Å²) in [6, 6.07) is 3.77. The Hall–Kier alpha value is -1.73. The molecule has 1 amide bonds. The van der Waals surface area contributed by atoms with Gasteiger partial charge in [0.25, 0.3) is 5.91 Å². The fourth-order valence-electron chi connectivity index (χ4n) is 1.64. The average Bonchev–Trinajstić information content (AvgIpc) is 3.05. The van der Waals surface area contributed by atoms with Crippen LogP contribution in [0.15, 0.2) is 23.8 Å². The van der Waals surface area contributed by atoms with Crippen LogP contribution in [0, 0.1) is 0 Å². The molecular weight excluding hydrogens is 268 g/mol. The number of carbonyl (C=O) groups excluding carboxylic acids is 1. The van der Waals surface area contributed by atoms with Gasteiger partial charge in [-0.25, -0.2) is 4.98 Å². The molecule has 0 saturated heterocycles. The molecule has 2 N–H and O–H groups in total. The molecule has 0 radical (unpaired) electrons. The lowest BCUT2D eigenvalue weighted by Gasteiger charge is -2.09. The van der Waals surface area contributed by atoms with E-state index in [2.05, 4.69) is 20.5 Å². The van der Waals surface area contributed by atoms with Gasteiger partial charge in [0.15, 0.2) is 0 Å². The van der Waals surface area contributed by atoms with Gasteiger partial charge in [0, 0.05) is 9.40 Å². The normalized spacial score (nSPS) is 12.7. The van der Waals surface area contributed by atoms with Gasteiger partial charge in [-0.1, -0.05) is 0 Å². The van der Waals surface area contributed by atoms with E-state index < -0.39 is 0 Å². The van der Waals surface area contributed by atoms with Crippen LogP contribution in [0.3, 0.4) is 0 Å². The number of aromatic amines is 1. The summed E-state index contributed by atoms with van der Waals surface area (Å²) in [5.41, 5.74) is 0. The van der Waals surface area contributed by atoms with Crippen LogP contribution < -0.4 is 5.32 Å². The van der Waals surface area contributed by atoms with Gasteiger partial charge in [0.1, 0.15) is 12.2 Å². The summed E-state index contributed by atoms with van der Waals surface area (Å²) in [6.45, 7) is 1.87. The minimum absolute atomic E-state index is 0.0766. The molecule has 0 saturated carbocycles. The van der Waals surface area contributed by atoms with E-state index in [0.717, 1.165) is 14.3 Å². The van der Waals surface area contributed by atoms with E-state index in [1.165, 1.54) is 17.7 Å². The third-order valence-electron chi connectivity index (χ3n) is 2.55. The first-order valence-corrected chi connectivity index (χ1v) is 7.07. The summed E-state index contributed by atoms with van der Waals surface area (Å²) >= 11 is 3.15. The fraction of sp³-hybridized carbons (Fsp3) is 0.182. The summed E-state index contributed by atoms with van der Waals surface area (Å²) in [4.78, 5) is 16.8. The Balaban J connectivity index is 1.77. The lowest BCUT2D eigenvalue weighted by molar-refractivity contribution is 0.0942. The first-order chi connectivity index (χ1) is 8.74. The van der Waals surface area contributed by atoms with Crippen molar-refractivity contribution in [1.29, 1.82) is 0 Å². The minimum Gasteiger partial charge on any atom is -0.342 e. The maximum Gasteiger partial charge on any atom is 0.262 e. The molecule has 3 aromatic heterocycles. The first-order valence-electron chi connectivity index (χ1n) is 5.37. The zero-order chi connectivity index (χ0) is 12.5. The molecule has 0 aromatic carbocycles. The van der Waals surface area contributed by atoms with Gasteiger partial charge in [-0.15, -0.1) is 22.7 Å². The highest BCUT2D eigenvalue weighted by Gasteiger charge is 2.15. The predicted molar refractivity (Wildman–Crippen MR) is 72.0 cm³/mol. The SMILES string of the molecule is CC(NC(=O)c1cc2sccc2s1)c1ncn[nH]1. The maximum atomic E-state index is 12.1. The lowest BCUT2D eigenvalue weighted by Crippen LogP contribution is -2.26. The van der Waals surface area contributed by atoms with Crippen LogP contribution >= 0.6 is 22.7 Å². The van der Waals surface area contributed by atoms with Crippen molar-refractivity contribution in [3.8, 4) is 0 Å². The molecule has 5 nitrogen and oxygen atoms in total.